The number of hydroxylamine groups is 2. The van der Waals surface area contributed by atoms with Gasteiger partial charge in [-0.05, 0) is 59.8 Å². The van der Waals surface area contributed by atoms with Crippen molar-refractivity contribution in [3.8, 4) is 12.0 Å². The summed E-state index contributed by atoms with van der Waals surface area (Å²) in [5.41, 5.74) is -0.294. The predicted octanol–water partition coefficient (Wildman–Crippen LogP) is 5.89. The molecule has 202 valence electrons. The molecule has 0 N–H and O–H groups in total. The Bertz CT molecular complexity index is 805. The fourth-order valence-corrected chi connectivity index (χ4v) is 5.66. The largest absolute Gasteiger partial charge is 0.459 e. The summed E-state index contributed by atoms with van der Waals surface area (Å²) in [6.07, 6.45) is 13.8. The minimum Gasteiger partial charge on any atom is -0.459 e. The minimum atomic E-state index is -0.147. The van der Waals surface area contributed by atoms with Crippen LogP contribution in [0.1, 0.15) is 92.4 Å². The smallest absolute Gasteiger partial charge is 0.324 e. The molecule has 0 unspecified atom stereocenters. The molecule has 1 aromatic rings. The fraction of sp³-hybridized carbons (Fsp3) is 0.750. The highest BCUT2D eigenvalue weighted by molar-refractivity contribution is 5.35. The topological polar surface area (TPSA) is 72.8 Å². The highest BCUT2D eigenvalue weighted by Crippen LogP contribution is 2.42. The molecule has 2 fully saturated rings. The second kappa shape index (κ2) is 12.9. The number of piperidine rings is 1. The van der Waals surface area contributed by atoms with E-state index in [-0.39, 0.29) is 29.1 Å². The molecule has 0 aromatic carbocycles. The van der Waals surface area contributed by atoms with E-state index in [0.29, 0.717) is 25.3 Å². The molecule has 1 saturated carbocycles. The molecule has 0 spiro atoms. The van der Waals surface area contributed by atoms with Crippen LogP contribution in [0.5, 0.6) is 12.0 Å². The average molecular weight is 502 g/mol. The molecule has 36 heavy (non-hydrogen) atoms. The van der Waals surface area contributed by atoms with E-state index in [4.69, 9.17) is 24.3 Å². The standard InChI is InChI=1S/C28H47N5O3/c1-8-11-17-32(24-29-25(34-18-9-2)31-26(30-24)35-19-10-3)22-20-27(4,5)33(28(6,7)21-22)36-23-15-13-12-14-16-23/h9-10,22-23H,2-3,8,11-21H2,1,4-7H3. The van der Waals surface area contributed by atoms with Crippen LogP contribution in [-0.2, 0) is 4.84 Å². The van der Waals surface area contributed by atoms with E-state index in [1.54, 1.807) is 12.2 Å². The first kappa shape index (κ1) is 28.4. The Morgan fingerprint density at radius 1 is 0.917 bits per heavy atom. The third-order valence-corrected chi connectivity index (χ3v) is 7.07. The molecule has 3 rings (SSSR count). The lowest BCUT2D eigenvalue weighted by molar-refractivity contribution is -0.310. The van der Waals surface area contributed by atoms with Crippen molar-refractivity contribution in [2.75, 3.05) is 24.7 Å². The monoisotopic (exact) mass is 501 g/mol. The molecule has 0 bridgehead atoms. The maximum absolute atomic E-state index is 6.72. The van der Waals surface area contributed by atoms with Gasteiger partial charge in [0.15, 0.2) is 0 Å². The molecular weight excluding hydrogens is 454 g/mol. The van der Waals surface area contributed by atoms with Gasteiger partial charge in [0.2, 0.25) is 5.95 Å². The summed E-state index contributed by atoms with van der Waals surface area (Å²) >= 11 is 0. The molecule has 2 aliphatic rings. The van der Waals surface area contributed by atoms with Crippen LogP contribution in [0.3, 0.4) is 0 Å². The first-order valence-corrected chi connectivity index (χ1v) is 13.7. The number of ether oxygens (including phenoxy) is 2. The van der Waals surface area contributed by atoms with Gasteiger partial charge in [-0.25, -0.2) is 0 Å². The van der Waals surface area contributed by atoms with Crippen molar-refractivity contribution in [1.29, 1.82) is 0 Å². The molecule has 1 aliphatic heterocycles. The maximum atomic E-state index is 6.72. The highest BCUT2D eigenvalue weighted by Gasteiger charge is 2.49. The number of hydrogen-bond acceptors (Lipinski definition) is 8. The number of nitrogens with zero attached hydrogens (tertiary/aromatic N) is 5. The van der Waals surface area contributed by atoms with Gasteiger partial charge in [-0.15, -0.1) is 4.98 Å². The Morgan fingerprint density at radius 3 is 1.97 bits per heavy atom. The van der Waals surface area contributed by atoms with E-state index in [1.807, 2.05) is 0 Å². The first-order valence-electron chi connectivity index (χ1n) is 13.7. The maximum Gasteiger partial charge on any atom is 0.324 e. The van der Waals surface area contributed by atoms with Crippen molar-refractivity contribution in [3.05, 3.63) is 25.3 Å². The molecule has 2 heterocycles. The Balaban J connectivity index is 1.89. The van der Waals surface area contributed by atoms with Gasteiger partial charge < -0.3 is 14.4 Å². The Morgan fingerprint density at radius 2 is 1.47 bits per heavy atom. The first-order chi connectivity index (χ1) is 17.2. The second-order valence-electron chi connectivity index (χ2n) is 11.3. The fourth-order valence-electron chi connectivity index (χ4n) is 5.66. The molecule has 1 saturated heterocycles. The summed E-state index contributed by atoms with van der Waals surface area (Å²) in [6, 6.07) is 0.726. The molecule has 8 heteroatoms. The summed E-state index contributed by atoms with van der Waals surface area (Å²) in [5.74, 6) is 0.592. The molecular formula is C28H47N5O3. The number of anilines is 1. The zero-order valence-corrected chi connectivity index (χ0v) is 23.2. The van der Waals surface area contributed by atoms with Crippen molar-refractivity contribution in [2.45, 2.75) is 116 Å². The van der Waals surface area contributed by atoms with E-state index in [2.05, 4.69) is 62.7 Å². The van der Waals surface area contributed by atoms with Crippen molar-refractivity contribution in [2.24, 2.45) is 0 Å². The quantitative estimate of drug-likeness (QED) is 0.310. The van der Waals surface area contributed by atoms with Gasteiger partial charge in [0, 0.05) is 23.7 Å². The van der Waals surface area contributed by atoms with Crippen LogP contribution in [0.15, 0.2) is 25.3 Å². The Hall–Kier alpha value is -2.19. The van der Waals surface area contributed by atoms with E-state index in [0.717, 1.165) is 45.1 Å². The van der Waals surface area contributed by atoms with Gasteiger partial charge in [0.05, 0.1) is 6.10 Å². The summed E-state index contributed by atoms with van der Waals surface area (Å²) in [6.45, 7) is 20.3. The van der Waals surface area contributed by atoms with Gasteiger partial charge in [-0.1, -0.05) is 57.9 Å². The average Bonchev–Trinajstić information content (AvgIpc) is 2.84. The predicted molar refractivity (Wildman–Crippen MR) is 144 cm³/mol. The van der Waals surface area contributed by atoms with Crippen LogP contribution in [0.4, 0.5) is 5.95 Å². The summed E-state index contributed by atoms with van der Waals surface area (Å²) in [5, 5.41) is 2.30. The van der Waals surface area contributed by atoms with Crippen LogP contribution in [0.2, 0.25) is 0 Å². The lowest BCUT2D eigenvalue weighted by atomic mass is 9.78. The lowest BCUT2D eigenvalue weighted by Gasteiger charge is -2.56. The zero-order chi connectivity index (χ0) is 26.2. The number of aromatic nitrogens is 3. The van der Waals surface area contributed by atoms with Crippen molar-refractivity contribution >= 4 is 5.95 Å². The lowest BCUT2D eigenvalue weighted by Crippen LogP contribution is -2.65. The van der Waals surface area contributed by atoms with Gasteiger partial charge in [-0.2, -0.15) is 15.0 Å². The van der Waals surface area contributed by atoms with Crippen LogP contribution >= 0.6 is 0 Å². The van der Waals surface area contributed by atoms with Crippen LogP contribution in [0.25, 0.3) is 0 Å². The van der Waals surface area contributed by atoms with Crippen molar-refractivity contribution in [1.82, 2.24) is 20.0 Å². The number of unbranched alkanes of at least 4 members (excludes halogenated alkanes) is 1. The third-order valence-electron chi connectivity index (χ3n) is 7.07. The van der Waals surface area contributed by atoms with Crippen LogP contribution in [-0.4, -0.2) is 63.0 Å². The highest BCUT2D eigenvalue weighted by atomic mass is 16.7. The summed E-state index contributed by atoms with van der Waals surface area (Å²) < 4.78 is 11.4. The Labute approximate surface area is 218 Å². The SMILES string of the molecule is C=CCOc1nc(OCC=C)nc(N(CCCC)C2CC(C)(C)N(OC3CCCCC3)C(C)(C)C2)n1. The van der Waals surface area contributed by atoms with Gasteiger partial charge in [0.1, 0.15) is 13.2 Å². The molecule has 1 aliphatic carbocycles. The van der Waals surface area contributed by atoms with Gasteiger partial charge in [0.25, 0.3) is 0 Å². The third kappa shape index (κ3) is 7.42. The Kier molecular flexibility index (Phi) is 10.1. The molecule has 0 atom stereocenters. The number of rotatable bonds is 13. The van der Waals surface area contributed by atoms with Crippen molar-refractivity contribution in [3.63, 3.8) is 0 Å². The van der Waals surface area contributed by atoms with Crippen LogP contribution in [0, 0.1) is 0 Å². The molecule has 0 amide bonds. The summed E-state index contributed by atoms with van der Waals surface area (Å²) in [4.78, 5) is 22.8. The van der Waals surface area contributed by atoms with Crippen molar-refractivity contribution < 1.29 is 14.3 Å². The molecule has 0 radical (unpaired) electrons. The second-order valence-corrected chi connectivity index (χ2v) is 11.3. The van der Waals surface area contributed by atoms with Crippen LogP contribution < -0.4 is 14.4 Å². The van der Waals surface area contributed by atoms with E-state index < -0.39 is 0 Å². The molecule has 1 aromatic heterocycles. The minimum absolute atomic E-state index is 0.147. The molecule has 8 nitrogen and oxygen atoms in total. The van der Waals surface area contributed by atoms with E-state index in [1.165, 1.54) is 19.3 Å². The number of hydrogen-bond donors (Lipinski definition) is 0. The van der Waals surface area contributed by atoms with E-state index >= 15 is 0 Å². The summed E-state index contributed by atoms with van der Waals surface area (Å²) in [7, 11) is 0. The normalized spacial score (nSPS) is 20.6. The van der Waals surface area contributed by atoms with Gasteiger partial charge >= 0.3 is 12.0 Å². The zero-order valence-electron chi connectivity index (χ0n) is 23.2. The van der Waals surface area contributed by atoms with Gasteiger partial charge in [-0.3, -0.25) is 4.84 Å². The van der Waals surface area contributed by atoms with E-state index in [9.17, 15) is 0 Å².